The number of aromatic nitrogens is 2. The summed E-state index contributed by atoms with van der Waals surface area (Å²) in [6.07, 6.45) is 5.10. The molecular weight excluding hydrogens is 304 g/mol. The van der Waals surface area contributed by atoms with Crippen LogP contribution in [0, 0.1) is 0 Å². The molecule has 0 aliphatic carbocycles. The first kappa shape index (κ1) is 16.2. The molecule has 1 aromatic carbocycles. The first-order valence-corrected chi connectivity index (χ1v) is 8.30. The average molecular weight is 326 g/mol. The Labute approximate surface area is 141 Å². The van der Waals surface area contributed by atoms with Crippen molar-refractivity contribution in [3.63, 3.8) is 0 Å². The second-order valence-corrected chi connectivity index (χ2v) is 6.04. The van der Waals surface area contributed by atoms with Crippen LogP contribution in [0.25, 0.3) is 0 Å². The lowest BCUT2D eigenvalue weighted by Crippen LogP contribution is -2.54. The number of likely N-dealkylation sites (tertiary alicyclic amines) is 1. The monoisotopic (exact) mass is 326 g/mol. The van der Waals surface area contributed by atoms with E-state index in [1.54, 1.807) is 10.9 Å². The molecule has 1 fully saturated rings. The highest BCUT2D eigenvalue weighted by molar-refractivity contribution is 5.96. The van der Waals surface area contributed by atoms with E-state index in [4.69, 9.17) is 0 Å². The van der Waals surface area contributed by atoms with E-state index in [1.807, 2.05) is 54.4 Å². The Bertz CT molecular complexity index is 689. The molecule has 0 spiro atoms. The van der Waals surface area contributed by atoms with Crippen molar-refractivity contribution in [1.82, 2.24) is 14.7 Å². The number of carbonyl (C=O) groups excluding carboxylic acids is 2. The Morgan fingerprint density at radius 3 is 2.46 bits per heavy atom. The van der Waals surface area contributed by atoms with Crippen molar-refractivity contribution >= 4 is 17.5 Å². The van der Waals surface area contributed by atoms with Crippen molar-refractivity contribution in [1.29, 1.82) is 0 Å². The van der Waals surface area contributed by atoms with E-state index >= 15 is 0 Å². The van der Waals surface area contributed by atoms with Crippen LogP contribution >= 0.6 is 0 Å². The van der Waals surface area contributed by atoms with E-state index in [-0.39, 0.29) is 11.8 Å². The zero-order valence-electron chi connectivity index (χ0n) is 13.8. The summed E-state index contributed by atoms with van der Waals surface area (Å²) in [4.78, 5) is 26.8. The highest BCUT2D eigenvalue weighted by Gasteiger charge is 2.44. The minimum Gasteiger partial charge on any atom is -0.342 e. The van der Waals surface area contributed by atoms with E-state index in [2.05, 4.69) is 10.4 Å². The summed E-state index contributed by atoms with van der Waals surface area (Å²) in [7, 11) is 0. The number of hydrogen-bond acceptors (Lipinski definition) is 3. The van der Waals surface area contributed by atoms with Crippen molar-refractivity contribution in [3.05, 3.63) is 48.8 Å². The summed E-state index contributed by atoms with van der Waals surface area (Å²) in [5.41, 5.74) is 0.00485. The number of hydrogen-bond donors (Lipinski definition) is 1. The lowest BCUT2D eigenvalue weighted by atomic mass is 9.86. The van der Waals surface area contributed by atoms with Gasteiger partial charge in [-0.2, -0.15) is 5.10 Å². The third-order valence-corrected chi connectivity index (χ3v) is 4.64. The van der Waals surface area contributed by atoms with Gasteiger partial charge >= 0.3 is 0 Å². The van der Waals surface area contributed by atoms with Crippen molar-refractivity contribution in [3.8, 4) is 0 Å². The van der Waals surface area contributed by atoms with Gasteiger partial charge in [0.1, 0.15) is 5.54 Å². The summed E-state index contributed by atoms with van der Waals surface area (Å²) in [5.74, 6) is 0.0496. The fourth-order valence-electron chi connectivity index (χ4n) is 3.20. The summed E-state index contributed by atoms with van der Waals surface area (Å²) in [6.45, 7) is 2.99. The number of nitrogens with one attached hydrogen (secondary N) is 1. The molecule has 0 saturated carbocycles. The zero-order chi connectivity index (χ0) is 17.0. The van der Waals surface area contributed by atoms with E-state index in [0.29, 0.717) is 32.4 Å². The Morgan fingerprint density at radius 2 is 1.88 bits per heavy atom. The molecule has 3 rings (SSSR count). The Morgan fingerprint density at radius 1 is 1.17 bits per heavy atom. The summed E-state index contributed by atoms with van der Waals surface area (Å²) in [5, 5.41) is 7.31. The quantitative estimate of drug-likeness (QED) is 0.937. The number of benzene rings is 1. The van der Waals surface area contributed by atoms with Crippen LogP contribution in [-0.2, 0) is 15.1 Å². The number of para-hydroxylation sites is 1. The number of anilines is 1. The topological polar surface area (TPSA) is 67.2 Å². The smallest absolute Gasteiger partial charge is 0.252 e. The number of nitrogens with zero attached hydrogens (tertiary/aromatic N) is 3. The Hall–Kier alpha value is -2.63. The second kappa shape index (κ2) is 6.86. The molecule has 2 aromatic rings. The van der Waals surface area contributed by atoms with Gasteiger partial charge in [-0.15, -0.1) is 0 Å². The number of amides is 2. The number of rotatable bonds is 4. The van der Waals surface area contributed by atoms with Gasteiger partial charge in [-0.25, -0.2) is 0 Å². The molecule has 2 heterocycles. The fourth-order valence-corrected chi connectivity index (χ4v) is 3.20. The zero-order valence-corrected chi connectivity index (χ0v) is 13.8. The van der Waals surface area contributed by atoms with E-state index in [1.165, 1.54) is 0 Å². The molecule has 126 valence electrons. The van der Waals surface area contributed by atoms with Crippen LogP contribution < -0.4 is 5.32 Å². The van der Waals surface area contributed by atoms with Gasteiger partial charge in [0.05, 0.1) is 0 Å². The van der Waals surface area contributed by atoms with E-state index in [9.17, 15) is 9.59 Å². The first-order chi connectivity index (χ1) is 11.7. The molecule has 1 aromatic heterocycles. The van der Waals surface area contributed by atoms with Crippen LogP contribution in [0.15, 0.2) is 48.8 Å². The van der Waals surface area contributed by atoms with Gasteiger partial charge in [-0.05, 0) is 31.0 Å². The molecule has 2 amide bonds. The van der Waals surface area contributed by atoms with Crippen molar-refractivity contribution in [2.24, 2.45) is 0 Å². The minimum atomic E-state index is -0.760. The Balaban J connectivity index is 1.83. The van der Waals surface area contributed by atoms with Crippen LogP contribution in [0.3, 0.4) is 0 Å². The van der Waals surface area contributed by atoms with Gasteiger partial charge < -0.3 is 10.2 Å². The van der Waals surface area contributed by atoms with Gasteiger partial charge in [-0.3, -0.25) is 14.3 Å². The normalized spacial score (nSPS) is 16.6. The van der Waals surface area contributed by atoms with Crippen molar-refractivity contribution < 1.29 is 9.59 Å². The minimum absolute atomic E-state index is 0.0824. The first-order valence-electron chi connectivity index (χ1n) is 8.30. The number of piperidine rings is 1. The molecule has 0 bridgehead atoms. The molecule has 24 heavy (non-hydrogen) atoms. The van der Waals surface area contributed by atoms with Crippen molar-refractivity contribution in [2.75, 3.05) is 18.4 Å². The van der Waals surface area contributed by atoms with Crippen molar-refractivity contribution in [2.45, 2.75) is 31.7 Å². The van der Waals surface area contributed by atoms with Crippen LogP contribution in [0.1, 0.15) is 26.2 Å². The predicted octanol–water partition coefficient (Wildman–Crippen LogP) is 2.25. The van der Waals surface area contributed by atoms with Crippen LogP contribution in [0.5, 0.6) is 0 Å². The van der Waals surface area contributed by atoms with Gasteiger partial charge in [-0.1, -0.05) is 25.1 Å². The molecule has 0 unspecified atom stereocenters. The lowest BCUT2D eigenvalue weighted by molar-refractivity contribution is -0.137. The Kier molecular flexibility index (Phi) is 4.64. The predicted molar refractivity (Wildman–Crippen MR) is 91.4 cm³/mol. The maximum atomic E-state index is 13.1. The molecule has 0 atom stereocenters. The highest BCUT2D eigenvalue weighted by Crippen LogP contribution is 2.31. The number of carbonyl (C=O) groups is 2. The van der Waals surface area contributed by atoms with Gasteiger partial charge in [0.2, 0.25) is 5.91 Å². The molecule has 6 nitrogen and oxygen atoms in total. The SMILES string of the molecule is CCC(=O)N1CCC(C(=O)Nc2ccccc2)(n2cccn2)CC1. The van der Waals surface area contributed by atoms with Gasteiger partial charge in [0.15, 0.2) is 0 Å². The van der Waals surface area contributed by atoms with Crippen LogP contribution in [0.4, 0.5) is 5.69 Å². The molecule has 1 aliphatic heterocycles. The summed E-state index contributed by atoms with van der Waals surface area (Å²) in [6, 6.07) is 11.2. The molecule has 1 saturated heterocycles. The molecule has 0 radical (unpaired) electrons. The third kappa shape index (κ3) is 3.04. The average Bonchev–Trinajstić information content (AvgIpc) is 3.17. The maximum absolute atomic E-state index is 13.1. The maximum Gasteiger partial charge on any atom is 0.252 e. The molecule has 1 N–H and O–H groups in total. The lowest BCUT2D eigenvalue weighted by Gasteiger charge is -2.40. The second-order valence-electron chi connectivity index (χ2n) is 6.04. The molecular formula is C18H22N4O2. The van der Waals surface area contributed by atoms with Gasteiger partial charge in [0, 0.05) is 37.6 Å². The standard InChI is InChI=1S/C18H22N4O2/c1-2-16(23)21-13-9-18(10-14-21,22-12-6-11-19-22)17(24)20-15-7-4-3-5-8-15/h3-8,11-12H,2,9-10,13-14H2,1H3,(H,20,24). The molecule has 1 aliphatic rings. The van der Waals surface area contributed by atoms with E-state index < -0.39 is 5.54 Å². The highest BCUT2D eigenvalue weighted by atomic mass is 16.2. The molecule has 6 heteroatoms. The third-order valence-electron chi connectivity index (χ3n) is 4.64. The summed E-state index contributed by atoms with van der Waals surface area (Å²) >= 11 is 0. The van der Waals surface area contributed by atoms with Crippen LogP contribution in [0.2, 0.25) is 0 Å². The van der Waals surface area contributed by atoms with Gasteiger partial charge in [0.25, 0.3) is 5.91 Å². The van der Waals surface area contributed by atoms with Crippen LogP contribution in [-0.4, -0.2) is 39.6 Å². The summed E-state index contributed by atoms with van der Waals surface area (Å²) < 4.78 is 1.74. The van der Waals surface area contributed by atoms with E-state index in [0.717, 1.165) is 5.69 Å². The fraction of sp³-hybridized carbons (Fsp3) is 0.389. The largest absolute Gasteiger partial charge is 0.342 e.